The highest BCUT2D eigenvalue weighted by atomic mass is 15.3. The standard InChI is InChI=1S/C17H19N7/c1-4-5-24-16-14(10(2)23-24)6-12(7-15(16)17(18)22-19)13-8-20-11(3)21-9-13/h4,6-9H,1,5,19H2,2-3H3,(H2,18,22). The summed E-state index contributed by atoms with van der Waals surface area (Å²) in [5.74, 6) is 6.39. The van der Waals surface area contributed by atoms with Gasteiger partial charge in [0.2, 0.25) is 0 Å². The second-order valence-corrected chi connectivity index (χ2v) is 5.51. The van der Waals surface area contributed by atoms with Crippen LogP contribution < -0.4 is 11.6 Å². The van der Waals surface area contributed by atoms with Gasteiger partial charge in [0.1, 0.15) is 5.82 Å². The third-order valence-corrected chi connectivity index (χ3v) is 3.86. The van der Waals surface area contributed by atoms with Crippen LogP contribution >= 0.6 is 0 Å². The van der Waals surface area contributed by atoms with Gasteiger partial charge in [0.05, 0.1) is 17.8 Å². The lowest BCUT2D eigenvalue weighted by Gasteiger charge is -2.09. The van der Waals surface area contributed by atoms with E-state index in [1.54, 1.807) is 18.5 Å². The fraction of sp³-hybridized carbons (Fsp3) is 0.176. The molecular weight excluding hydrogens is 302 g/mol. The number of rotatable bonds is 4. The SMILES string of the molecule is C=CCn1nc(C)c2cc(-c3cnc(C)nc3)cc(/C(N)=N/N)c21. The maximum Gasteiger partial charge on any atom is 0.152 e. The summed E-state index contributed by atoms with van der Waals surface area (Å²) in [4.78, 5) is 8.51. The van der Waals surface area contributed by atoms with Gasteiger partial charge in [0, 0.05) is 28.9 Å². The second kappa shape index (κ2) is 6.11. The van der Waals surface area contributed by atoms with Crippen LogP contribution in [0.4, 0.5) is 0 Å². The fourth-order valence-corrected chi connectivity index (χ4v) is 2.70. The Hall–Kier alpha value is -3.22. The van der Waals surface area contributed by atoms with Gasteiger partial charge in [-0.15, -0.1) is 6.58 Å². The number of aromatic nitrogens is 4. The van der Waals surface area contributed by atoms with E-state index in [1.807, 2.05) is 24.6 Å². The van der Waals surface area contributed by atoms with Gasteiger partial charge < -0.3 is 11.6 Å². The minimum atomic E-state index is 0.250. The first-order chi connectivity index (χ1) is 11.5. The summed E-state index contributed by atoms with van der Waals surface area (Å²) in [5, 5.41) is 9.22. The van der Waals surface area contributed by atoms with Crippen molar-refractivity contribution >= 4 is 16.7 Å². The van der Waals surface area contributed by atoms with Crippen LogP contribution in [0.25, 0.3) is 22.0 Å². The van der Waals surface area contributed by atoms with Crippen LogP contribution in [0.15, 0.2) is 42.3 Å². The lowest BCUT2D eigenvalue weighted by molar-refractivity contribution is 0.719. The molecular formula is C17H19N7. The zero-order chi connectivity index (χ0) is 17.3. The van der Waals surface area contributed by atoms with Gasteiger partial charge in [0.15, 0.2) is 5.84 Å². The summed E-state index contributed by atoms with van der Waals surface area (Å²) in [6.07, 6.45) is 5.35. The minimum Gasteiger partial charge on any atom is -0.382 e. The number of amidine groups is 1. The summed E-state index contributed by atoms with van der Waals surface area (Å²) in [6, 6.07) is 3.99. The number of hydrazone groups is 1. The first kappa shape index (κ1) is 15.7. The van der Waals surface area contributed by atoms with Crippen molar-refractivity contribution in [3.8, 4) is 11.1 Å². The van der Waals surface area contributed by atoms with Crippen LogP contribution in [-0.2, 0) is 6.54 Å². The molecule has 0 radical (unpaired) electrons. The van der Waals surface area contributed by atoms with E-state index in [4.69, 9.17) is 11.6 Å². The van der Waals surface area contributed by atoms with E-state index in [9.17, 15) is 0 Å². The molecule has 0 aliphatic rings. The normalized spacial score (nSPS) is 11.8. The number of nitrogens with zero attached hydrogens (tertiary/aromatic N) is 5. The van der Waals surface area contributed by atoms with Crippen molar-refractivity contribution in [1.29, 1.82) is 0 Å². The molecule has 2 aromatic heterocycles. The Balaban J connectivity index is 2.33. The third-order valence-electron chi connectivity index (χ3n) is 3.86. The molecule has 0 amide bonds. The second-order valence-electron chi connectivity index (χ2n) is 5.51. The van der Waals surface area contributed by atoms with E-state index < -0.39 is 0 Å². The van der Waals surface area contributed by atoms with E-state index in [1.165, 1.54) is 0 Å². The van der Waals surface area contributed by atoms with Gasteiger partial charge in [-0.2, -0.15) is 10.2 Å². The maximum absolute atomic E-state index is 6.03. The molecule has 3 aromatic rings. The molecule has 122 valence electrons. The van der Waals surface area contributed by atoms with Crippen molar-refractivity contribution in [1.82, 2.24) is 19.7 Å². The van der Waals surface area contributed by atoms with Crippen LogP contribution in [-0.4, -0.2) is 25.6 Å². The molecule has 1 aromatic carbocycles. The maximum atomic E-state index is 6.03. The number of fused-ring (bicyclic) bond motifs is 1. The molecule has 0 saturated heterocycles. The largest absolute Gasteiger partial charge is 0.382 e. The summed E-state index contributed by atoms with van der Waals surface area (Å²) < 4.78 is 1.85. The highest BCUT2D eigenvalue weighted by Crippen LogP contribution is 2.29. The Bertz CT molecular complexity index is 936. The van der Waals surface area contributed by atoms with E-state index in [-0.39, 0.29) is 5.84 Å². The van der Waals surface area contributed by atoms with Crippen molar-refractivity contribution in [2.75, 3.05) is 0 Å². The first-order valence-electron chi connectivity index (χ1n) is 7.50. The van der Waals surface area contributed by atoms with E-state index in [0.29, 0.717) is 6.54 Å². The molecule has 0 atom stereocenters. The smallest absolute Gasteiger partial charge is 0.152 e. The lowest BCUT2D eigenvalue weighted by atomic mass is 10.0. The molecule has 0 spiro atoms. The van der Waals surface area contributed by atoms with Gasteiger partial charge >= 0.3 is 0 Å². The predicted molar refractivity (Wildman–Crippen MR) is 95.3 cm³/mol. The number of hydrogen-bond donors (Lipinski definition) is 2. The average molecular weight is 321 g/mol. The molecule has 0 saturated carbocycles. The summed E-state index contributed by atoms with van der Waals surface area (Å²) in [5.41, 5.74) is 10.4. The molecule has 2 heterocycles. The Morgan fingerprint density at radius 3 is 2.58 bits per heavy atom. The van der Waals surface area contributed by atoms with Crippen LogP contribution in [0, 0.1) is 13.8 Å². The Morgan fingerprint density at radius 1 is 1.25 bits per heavy atom. The fourth-order valence-electron chi connectivity index (χ4n) is 2.70. The zero-order valence-corrected chi connectivity index (χ0v) is 13.7. The van der Waals surface area contributed by atoms with Crippen molar-refractivity contribution in [2.24, 2.45) is 16.7 Å². The molecule has 24 heavy (non-hydrogen) atoms. The van der Waals surface area contributed by atoms with E-state index in [2.05, 4.69) is 32.8 Å². The topological polar surface area (TPSA) is 108 Å². The van der Waals surface area contributed by atoms with Crippen LogP contribution in [0.1, 0.15) is 17.1 Å². The van der Waals surface area contributed by atoms with Crippen LogP contribution in [0.5, 0.6) is 0 Å². The molecule has 0 bridgehead atoms. The average Bonchev–Trinajstić information content (AvgIpc) is 2.90. The van der Waals surface area contributed by atoms with E-state index in [0.717, 1.165) is 39.1 Å². The number of benzene rings is 1. The molecule has 0 aliphatic heterocycles. The molecule has 0 aliphatic carbocycles. The molecule has 7 nitrogen and oxygen atoms in total. The van der Waals surface area contributed by atoms with Crippen LogP contribution in [0.2, 0.25) is 0 Å². The third kappa shape index (κ3) is 2.60. The molecule has 7 heteroatoms. The highest BCUT2D eigenvalue weighted by Gasteiger charge is 2.16. The number of hydrogen-bond acceptors (Lipinski definition) is 5. The minimum absolute atomic E-state index is 0.250. The van der Waals surface area contributed by atoms with Gasteiger partial charge in [-0.1, -0.05) is 6.08 Å². The monoisotopic (exact) mass is 321 g/mol. The number of aryl methyl sites for hydroxylation is 2. The molecule has 3 rings (SSSR count). The number of nitrogens with two attached hydrogens (primary N) is 2. The molecule has 4 N–H and O–H groups in total. The number of allylic oxidation sites excluding steroid dienone is 1. The Kier molecular flexibility index (Phi) is 3.99. The summed E-state index contributed by atoms with van der Waals surface area (Å²) in [7, 11) is 0. The van der Waals surface area contributed by atoms with Gasteiger partial charge in [-0.3, -0.25) is 4.68 Å². The summed E-state index contributed by atoms with van der Waals surface area (Å²) >= 11 is 0. The summed E-state index contributed by atoms with van der Waals surface area (Å²) in [6.45, 7) is 8.15. The van der Waals surface area contributed by atoms with Crippen molar-refractivity contribution in [3.05, 3.63) is 54.3 Å². The van der Waals surface area contributed by atoms with E-state index >= 15 is 0 Å². The Labute approximate surface area is 139 Å². The van der Waals surface area contributed by atoms with Gasteiger partial charge in [-0.25, -0.2) is 9.97 Å². The van der Waals surface area contributed by atoms with Crippen molar-refractivity contribution in [3.63, 3.8) is 0 Å². The lowest BCUT2D eigenvalue weighted by Crippen LogP contribution is -2.17. The molecule has 0 fully saturated rings. The zero-order valence-electron chi connectivity index (χ0n) is 13.7. The van der Waals surface area contributed by atoms with Crippen molar-refractivity contribution < 1.29 is 0 Å². The van der Waals surface area contributed by atoms with Crippen LogP contribution in [0.3, 0.4) is 0 Å². The van der Waals surface area contributed by atoms with Gasteiger partial charge in [0.25, 0.3) is 0 Å². The molecule has 0 unspecified atom stereocenters. The highest BCUT2D eigenvalue weighted by molar-refractivity contribution is 6.09. The van der Waals surface area contributed by atoms with Gasteiger partial charge in [-0.05, 0) is 31.5 Å². The van der Waals surface area contributed by atoms with Crippen molar-refractivity contribution in [2.45, 2.75) is 20.4 Å². The quantitative estimate of drug-likeness (QED) is 0.251. The predicted octanol–water partition coefficient (Wildman–Crippen LogP) is 1.88. The Morgan fingerprint density at radius 2 is 1.96 bits per heavy atom. The first-order valence-corrected chi connectivity index (χ1v) is 7.50.